The summed E-state index contributed by atoms with van der Waals surface area (Å²) in [6, 6.07) is 13.1. The topological polar surface area (TPSA) is 108 Å². The molecule has 0 spiro atoms. The number of nitroso groups, excluding NO2 is 1. The molecule has 0 aromatic heterocycles. The smallest absolute Gasteiger partial charge is 0.336 e. The number of rotatable bonds is 9. The van der Waals surface area contributed by atoms with Gasteiger partial charge in [0.25, 0.3) is 0 Å². The summed E-state index contributed by atoms with van der Waals surface area (Å²) < 4.78 is 12.6. The van der Waals surface area contributed by atoms with Crippen molar-refractivity contribution in [2.75, 3.05) is 0 Å². The Bertz CT molecular complexity index is 954. The maximum absolute atomic E-state index is 12.0. The summed E-state index contributed by atoms with van der Waals surface area (Å²) in [6.45, 7) is 3.46. The second-order valence-corrected chi connectivity index (χ2v) is 8.67. The lowest BCUT2D eigenvalue weighted by molar-refractivity contribution is -0.134. The lowest BCUT2D eigenvalue weighted by Crippen LogP contribution is -2.22. The number of ether oxygens (including phenoxy) is 2. The highest BCUT2D eigenvalue weighted by atomic mass is 32.2. The van der Waals surface area contributed by atoms with Crippen molar-refractivity contribution in [2.24, 2.45) is 10.3 Å². The van der Waals surface area contributed by atoms with Crippen molar-refractivity contribution in [2.45, 2.75) is 25.0 Å². The number of benzene rings is 2. The first-order valence-corrected chi connectivity index (χ1v) is 9.98. The van der Waals surface area contributed by atoms with Crippen LogP contribution in [0, 0.1) is 4.91 Å². The Morgan fingerprint density at radius 2 is 1.63 bits per heavy atom. The first kappa shape index (κ1) is 23.2. The van der Waals surface area contributed by atoms with Crippen LogP contribution in [0.1, 0.15) is 31.4 Å². The van der Waals surface area contributed by atoms with Gasteiger partial charge in [-0.1, -0.05) is 24.4 Å². The zero-order valence-corrected chi connectivity index (χ0v) is 18.0. The monoisotopic (exact) mass is 444 g/mol. The summed E-state index contributed by atoms with van der Waals surface area (Å²) in [5, 5.41) is 0. The fourth-order valence-corrected chi connectivity index (χ4v) is 2.82. The summed E-state index contributed by atoms with van der Waals surface area (Å²) in [4.78, 5) is 34.5. The molecule has 2 N–H and O–H groups in total. The van der Waals surface area contributed by atoms with Crippen LogP contribution in [-0.4, -0.2) is 21.7 Å². The van der Waals surface area contributed by atoms with Gasteiger partial charge in [-0.2, -0.15) is 0 Å². The highest BCUT2D eigenvalue weighted by Crippen LogP contribution is 2.29. The van der Waals surface area contributed by atoms with Gasteiger partial charge in [-0.3, -0.25) is 4.79 Å². The third kappa shape index (κ3) is 7.76. The molecule has 2 aromatic rings. The van der Waals surface area contributed by atoms with Crippen LogP contribution in [0.15, 0.2) is 59.2 Å². The van der Waals surface area contributed by atoms with E-state index in [2.05, 4.69) is 4.58 Å². The van der Waals surface area contributed by atoms with Gasteiger partial charge in [-0.15, -0.1) is 4.91 Å². The van der Waals surface area contributed by atoms with Crippen LogP contribution in [-0.2, 0) is 9.59 Å². The Hall–Kier alpha value is -3.04. The van der Waals surface area contributed by atoms with Crippen molar-refractivity contribution in [3.05, 3.63) is 70.6 Å². The molecule has 0 aliphatic carbocycles. The number of hydrogen-bond donors (Lipinski definition) is 1. The van der Waals surface area contributed by atoms with Gasteiger partial charge in [0.2, 0.25) is 0 Å². The van der Waals surface area contributed by atoms with Crippen molar-refractivity contribution in [3.8, 4) is 11.5 Å². The maximum Gasteiger partial charge on any atom is 0.336 e. The molecular formula is C21H20N2O5S2. The molecule has 0 amide bonds. The average Bonchev–Trinajstić information content (AvgIpc) is 2.67. The largest absolute Gasteiger partial charge is 0.426 e. The second kappa shape index (κ2) is 10.7. The van der Waals surface area contributed by atoms with Crippen molar-refractivity contribution < 1.29 is 19.1 Å². The summed E-state index contributed by atoms with van der Waals surface area (Å²) in [5.41, 5.74) is 6.93. The molecular weight excluding hydrogens is 424 g/mol. The normalized spacial score (nSPS) is 11.1. The summed E-state index contributed by atoms with van der Waals surface area (Å²) in [5.74, 6) is -0.281. The van der Waals surface area contributed by atoms with Crippen molar-refractivity contribution >= 4 is 47.2 Å². The molecule has 0 atom stereocenters. The quantitative estimate of drug-likeness (QED) is 0.151. The van der Waals surface area contributed by atoms with E-state index in [0.29, 0.717) is 17.1 Å². The van der Waals surface area contributed by atoms with Gasteiger partial charge in [-0.25, -0.2) is 4.79 Å². The first-order chi connectivity index (χ1) is 14.2. The predicted octanol–water partition coefficient (Wildman–Crippen LogP) is 4.43. The van der Waals surface area contributed by atoms with E-state index in [9.17, 15) is 14.5 Å². The third-order valence-electron chi connectivity index (χ3n) is 3.74. The zero-order valence-electron chi connectivity index (χ0n) is 16.4. The minimum Gasteiger partial charge on any atom is -0.426 e. The van der Waals surface area contributed by atoms with Crippen molar-refractivity contribution in [1.82, 2.24) is 0 Å². The highest BCUT2D eigenvalue weighted by Gasteiger charge is 2.25. The molecule has 2 aromatic carbocycles. The Morgan fingerprint density at radius 3 is 2.20 bits per heavy atom. The average molecular weight is 445 g/mol. The molecule has 0 radical (unpaired) electrons. The van der Waals surface area contributed by atoms with Gasteiger partial charge < -0.3 is 15.2 Å². The fraction of sp³-hybridized carbons (Fsp3) is 0.190. The van der Waals surface area contributed by atoms with Crippen molar-refractivity contribution in [1.29, 1.82) is 0 Å². The molecule has 30 heavy (non-hydrogen) atoms. The van der Waals surface area contributed by atoms with E-state index in [1.807, 2.05) is 0 Å². The predicted molar refractivity (Wildman–Crippen MR) is 121 cm³/mol. The first-order valence-electron chi connectivity index (χ1n) is 8.80. The van der Waals surface area contributed by atoms with E-state index in [4.69, 9.17) is 27.4 Å². The van der Waals surface area contributed by atoms with Crippen LogP contribution in [0.3, 0.4) is 0 Å². The third-order valence-corrected chi connectivity index (χ3v) is 4.68. The van der Waals surface area contributed by atoms with Crippen LogP contribution in [0.2, 0.25) is 0 Å². The van der Waals surface area contributed by atoms with E-state index >= 15 is 0 Å². The van der Waals surface area contributed by atoms with Crippen LogP contribution in [0.25, 0.3) is 6.08 Å². The molecule has 0 fully saturated rings. The molecule has 7 nitrogen and oxygen atoms in total. The molecule has 156 valence electrons. The SMILES string of the molecule is CC(C)(CC(=O)Oc1ccc(/C=C/C(=O)Oc2ccc(C(N)=S)cc2)cc1)SN=O. The van der Waals surface area contributed by atoms with Crippen LogP contribution in [0.5, 0.6) is 11.5 Å². The maximum atomic E-state index is 12.0. The summed E-state index contributed by atoms with van der Waals surface area (Å²) in [6.07, 6.45) is 2.90. The number of nitrogens with zero attached hydrogens (tertiary/aromatic N) is 1. The summed E-state index contributed by atoms with van der Waals surface area (Å²) >= 11 is 5.66. The number of esters is 2. The van der Waals surface area contributed by atoms with E-state index < -0.39 is 16.7 Å². The number of thiocarbonyl (C=S) groups is 1. The van der Waals surface area contributed by atoms with Crippen LogP contribution < -0.4 is 15.2 Å². The fourth-order valence-electron chi connectivity index (χ4n) is 2.30. The number of hydrogen-bond acceptors (Lipinski definition) is 8. The van der Waals surface area contributed by atoms with E-state index in [-0.39, 0.29) is 11.4 Å². The molecule has 0 saturated heterocycles. The standard InChI is InChI=1S/C21H20N2O5S2/c1-21(2,30-23-26)13-19(25)28-16-8-3-14(4-9-16)5-12-18(24)27-17-10-6-15(7-11-17)20(22)29/h3-12H,13H2,1-2H3,(H2,22,29)/b12-5+. The number of nitrogens with two attached hydrogens (primary N) is 1. The van der Waals surface area contributed by atoms with Crippen molar-refractivity contribution in [3.63, 3.8) is 0 Å². The van der Waals surface area contributed by atoms with Gasteiger partial charge in [0.15, 0.2) is 0 Å². The Balaban J connectivity index is 1.89. The second-order valence-electron chi connectivity index (χ2n) is 6.79. The number of carbonyl (C=O) groups is 2. The van der Waals surface area contributed by atoms with Crippen LogP contribution in [0.4, 0.5) is 0 Å². The molecule has 0 heterocycles. The lowest BCUT2D eigenvalue weighted by atomic mass is 10.1. The lowest BCUT2D eigenvalue weighted by Gasteiger charge is -2.17. The Kier molecular flexibility index (Phi) is 8.25. The van der Waals surface area contributed by atoms with Gasteiger partial charge in [0.1, 0.15) is 16.5 Å². The molecule has 0 unspecified atom stereocenters. The van der Waals surface area contributed by atoms with Gasteiger partial charge >= 0.3 is 11.9 Å². The molecule has 0 aliphatic rings. The Morgan fingerprint density at radius 1 is 1.07 bits per heavy atom. The highest BCUT2D eigenvalue weighted by molar-refractivity contribution is 7.99. The zero-order chi connectivity index (χ0) is 22.1. The van der Waals surface area contributed by atoms with Gasteiger partial charge in [0, 0.05) is 32.9 Å². The molecule has 9 heteroatoms. The minimum atomic E-state index is -0.640. The summed E-state index contributed by atoms with van der Waals surface area (Å²) in [7, 11) is 0. The molecule has 2 rings (SSSR count). The minimum absolute atomic E-state index is 0.0367. The van der Waals surface area contributed by atoms with Crippen LogP contribution >= 0.6 is 24.2 Å². The molecule has 0 saturated carbocycles. The molecule has 0 aliphatic heterocycles. The van der Waals surface area contributed by atoms with E-state index in [0.717, 1.165) is 17.5 Å². The van der Waals surface area contributed by atoms with E-state index in [1.165, 1.54) is 6.08 Å². The van der Waals surface area contributed by atoms with Gasteiger partial charge in [0.05, 0.1) is 6.42 Å². The Labute approximate surface area is 183 Å². The van der Waals surface area contributed by atoms with Gasteiger partial charge in [-0.05, 0) is 61.9 Å². The van der Waals surface area contributed by atoms with E-state index in [1.54, 1.807) is 68.5 Å². The number of carbonyl (C=O) groups excluding carboxylic acids is 2. The molecule has 0 bridgehead atoms.